The van der Waals surface area contributed by atoms with Gasteiger partial charge in [-0.15, -0.1) is 0 Å². The lowest BCUT2D eigenvalue weighted by Gasteiger charge is -2.55. The van der Waals surface area contributed by atoms with Crippen LogP contribution in [0.3, 0.4) is 0 Å². The van der Waals surface area contributed by atoms with Crippen LogP contribution in [0.5, 0.6) is 23.0 Å². The molecule has 5 aliphatic rings. The van der Waals surface area contributed by atoms with Gasteiger partial charge in [-0.05, 0) is 167 Å². The van der Waals surface area contributed by atoms with Crippen LogP contribution in [0, 0.1) is 28.6 Å². The van der Waals surface area contributed by atoms with Crippen LogP contribution in [-0.2, 0) is 16.4 Å². The van der Waals surface area contributed by atoms with Crippen molar-refractivity contribution in [2.75, 3.05) is 21.3 Å². The minimum atomic E-state index is -0.908. The molecular weight excluding hydrogens is 725 g/mol. The number of fused-ring (bicyclic) bond motifs is 12. The van der Waals surface area contributed by atoms with Crippen molar-refractivity contribution in [2.45, 2.75) is 109 Å². The Morgan fingerprint density at radius 3 is 1.76 bits per heavy atom. The van der Waals surface area contributed by atoms with E-state index in [-0.39, 0.29) is 21.7 Å². The third kappa shape index (κ3) is 5.89. The molecule has 306 valence electrons. The molecule has 1 aliphatic heterocycles. The summed E-state index contributed by atoms with van der Waals surface area (Å²) in [5.41, 5.74) is 10.3. The van der Waals surface area contributed by atoms with Gasteiger partial charge in [-0.2, -0.15) is 0 Å². The molecule has 2 unspecified atom stereocenters. The molecule has 0 aromatic heterocycles. The Morgan fingerprint density at radius 1 is 0.610 bits per heavy atom. The molecule has 4 nitrogen and oxygen atoms in total. The summed E-state index contributed by atoms with van der Waals surface area (Å²) in [6, 6.07) is 30.9. The Morgan fingerprint density at radius 2 is 1.19 bits per heavy atom. The molecule has 1 spiro atoms. The summed E-state index contributed by atoms with van der Waals surface area (Å²) >= 11 is 0. The largest absolute Gasteiger partial charge is 0.497 e. The molecule has 4 heteroatoms. The van der Waals surface area contributed by atoms with Crippen LogP contribution in [0.1, 0.15) is 126 Å². The molecule has 3 saturated carbocycles. The molecule has 5 aromatic carbocycles. The molecule has 4 aliphatic carbocycles. The summed E-state index contributed by atoms with van der Waals surface area (Å²) in [7, 11) is 5.21. The maximum absolute atomic E-state index is 7.83. The van der Waals surface area contributed by atoms with Crippen molar-refractivity contribution in [1.82, 2.24) is 0 Å². The monoisotopic (exact) mass is 786 g/mol. The highest BCUT2D eigenvalue weighted by molar-refractivity contribution is 6.09. The molecule has 3 fully saturated rings. The van der Waals surface area contributed by atoms with Gasteiger partial charge >= 0.3 is 0 Å². The van der Waals surface area contributed by atoms with Gasteiger partial charge in [-0.25, -0.2) is 0 Å². The molecule has 10 rings (SSSR count). The predicted octanol–water partition coefficient (Wildman–Crippen LogP) is 13.8. The molecule has 0 N–H and O–H groups in total. The van der Waals surface area contributed by atoms with Crippen molar-refractivity contribution in [3.63, 3.8) is 0 Å². The highest BCUT2D eigenvalue weighted by Gasteiger charge is 2.58. The van der Waals surface area contributed by atoms with Crippen molar-refractivity contribution >= 4 is 16.8 Å². The van der Waals surface area contributed by atoms with E-state index in [9.17, 15) is 0 Å². The number of benzene rings is 5. The average molecular weight is 787 g/mol. The summed E-state index contributed by atoms with van der Waals surface area (Å²) in [5, 5.41) is 2.33. The predicted molar refractivity (Wildman–Crippen MR) is 241 cm³/mol. The summed E-state index contributed by atoms with van der Waals surface area (Å²) < 4.78 is 25.1. The number of hydrogen-bond acceptors (Lipinski definition) is 4. The lowest BCUT2D eigenvalue weighted by atomic mass is 9.49. The lowest BCUT2D eigenvalue weighted by molar-refractivity contribution is 0.0567. The van der Waals surface area contributed by atoms with Crippen LogP contribution in [0.25, 0.3) is 28.0 Å². The maximum atomic E-state index is 7.83. The second-order valence-electron chi connectivity index (χ2n) is 21.1. The molecule has 2 bridgehead atoms. The van der Waals surface area contributed by atoms with Crippen molar-refractivity contribution in [3.8, 4) is 34.1 Å². The molecule has 1 heterocycles. The van der Waals surface area contributed by atoms with E-state index in [1.807, 2.05) is 24.3 Å². The first kappa shape index (κ1) is 38.5. The van der Waals surface area contributed by atoms with Gasteiger partial charge in [0.1, 0.15) is 23.0 Å². The SMILES string of the molecule is COc1ccc(C2(c3ccc(OC)cc3)C=Cc3c4c(c5ccc(OC)cc5c3O2)-c2cccc(C35CC(C)CC(CC(C)C3)C5)c2C42CC(C)(C)CC(C)(C)C2)cc1. The van der Waals surface area contributed by atoms with Gasteiger partial charge in [0.25, 0.3) is 0 Å². The standard InChI is InChI=1S/C55H62O4/c1-34-25-36-26-35(2)29-53(28-34,30-36)46-12-10-11-43-47-42-22-21-41(58-9)27-45(42)50-44(49(47)54(48(43)46)32-51(3,4)31-52(5,6)33-54)23-24-55(59-50,37-13-17-39(56-7)18-14-37)38-15-19-40(57-8)20-16-38/h10-24,27,34-36H,25-26,28-33H2,1-9H3. The van der Waals surface area contributed by atoms with Gasteiger partial charge in [0.05, 0.1) is 21.3 Å². The van der Waals surface area contributed by atoms with Crippen LogP contribution < -0.4 is 18.9 Å². The number of ether oxygens (including phenoxy) is 4. The average Bonchev–Trinajstić information content (AvgIpc) is 3.47. The highest BCUT2D eigenvalue weighted by atomic mass is 16.5. The van der Waals surface area contributed by atoms with E-state index in [0.717, 1.165) is 70.1 Å². The molecule has 0 saturated heterocycles. The summed E-state index contributed by atoms with van der Waals surface area (Å²) in [4.78, 5) is 0. The third-order valence-corrected chi connectivity index (χ3v) is 15.3. The van der Waals surface area contributed by atoms with E-state index in [1.165, 1.54) is 66.2 Å². The van der Waals surface area contributed by atoms with Gasteiger partial charge in [-0.3, -0.25) is 0 Å². The minimum absolute atomic E-state index is 0.130. The van der Waals surface area contributed by atoms with Gasteiger partial charge in [-0.1, -0.05) is 90.1 Å². The molecule has 0 radical (unpaired) electrons. The van der Waals surface area contributed by atoms with Gasteiger partial charge in [0.15, 0.2) is 5.60 Å². The molecule has 5 aromatic rings. The van der Waals surface area contributed by atoms with E-state index in [4.69, 9.17) is 18.9 Å². The first-order valence-corrected chi connectivity index (χ1v) is 22.2. The van der Waals surface area contributed by atoms with Crippen LogP contribution in [0.15, 0.2) is 91.0 Å². The lowest BCUT2D eigenvalue weighted by Crippen LogP contribution is -2.47. The Kier molecular flexibility index (Phi) is 8.74. The smallest absolute Gasteiger partial charge is 0.178 e. The van der Waals surface area contributed by atoms with E-state index in [0.29, 0.717) is 0 Å². The number of hydrogen-bond donors (Lipinski definition) is 0. The van der Waals surface area contributed by atoms with E-state index in [2.05, 4.69) is 114 Å². The summed E-state index contributed by atoms with van der Waals surface area (Å²) in [6.45, 7) is 15.2. The zero-order valence-corrected chi connectivity index (χ0v) is 36.8. The van der Waals surface area contributed by atoms with E-state index < -0.39 is 5.60 Å². The van der Waals surface area contributed by atoms with Crippen LogP contribution in [0.4, 0.5) is 0 Å². The van der Waals surface area contributed by atoms with Crippen molar-refractivity contribution in [1.29, 1.82) is 0 Å². The van der Waals surface area contributed by atoms with Crippen molar-refractivity contribution in [3.05, 3.63) is 124 Å². The first-order valence-electron chi connectivity index (χ1n) is 22.2. The molecule has 59 heavy (non-hydrogen) atoms. The molecule has 0 amide bonds. The normalized spacial score (nSPS) is 26.4. The van der Waals surface area contributed by atoms with Gasteiger partial charge < -0.3 is 18.9 Å². The second kappa shape index (κ2) is 13.4. The van der Waals surface area contributed by atoms with Gasteiger partial charge in [0, 0.05) is 27.5 Å². The van der Waals surface area contributed by atoms with Gasteiger partial charge in [0.2, 0.25) is 0 Å². The van der Waals surface area contributed by atoms with Crippen LogP contribution in [-0.4, -0.2) is 21.3 Å². The zero-order chi connectivity index (χ0) is 41.1. The summed E-state index contributed by atoms with van der Waals surface area (Å²) in [6.07, 6.45) is 14.8. The zero-order valence-electron chi connectivity index (χ0n) is 36.8. The Hall–Kier alpha value is -4.70. The fourth-order valence-electron chi connectivity index (χ4n) is 14.5. The minimum Gasteiger partial charge on any atom is -0.497 e. The van der Waals surface area contributed by atoms with Crippen molar-refractivity contribution in [2.24, 2.45) is 28.6 Å². The fraction of sp³-hybridized carbons (Fsp3) is 0.455. The fourth-order valence-corrected chi connectivity index (χ4v) is 14.5. The first-order chi connectivity index (χ1) is 28.2. The number of methoxy groups -OCH3 is 3. The Labute approximate surface area is 352 Å². The topological polar surface area (TPSA) is 36.9 Å². The Bertz CT molecular complexity index is 2400. The van der Waals surface area contributed by atoms with E-state index in [1.54, 1.807) is 32.5 Å². The van der Waals surface area contributed by atoms with Crippen LogP contribution >= 0.6 is 0 Å². The second-order valence-corrected chi connectivity index (χ2v) is 21.1. The van der Waals surface area contributed by atoms with E-state index >= 15 is 0 Å². The Balaban J connectivity index is 1.30. The number of rotatable bonds is 6. The highest BCUT2D eigenvalue weighted by Crippen LogP contribution is 2.69. The third-order valence-electron chi connectivity index (χ3n) is 15.3. The quantitative estimate of drug-likeness (QED) is 0.172. The molecular formula is C55H62O4. The molecule has 2 atom stereocenters. The van der Waals surface area contributed by atoms with Crippen LogP contribution in [0.2, 0.25) is 0 Å². The van der Waals surface area contributed by atoms with Crippen molar-refractivity contribution < 1.29 is 18.9 Å². The maximum Gasteiger partial charge on any atom is 0.178 e. The summed E-state index contributed by atoms with van der Waals surface area (Å²) in [5.74, 6) is 5.66.